The first kappa shape index (κ1) is 47.4. The lowest BCUT2D eigenvalue weighted by atomic mass is 9.80. The van der Waals surface area contributed by atoms with Crippen molar-refractivity contribution in [2.45, 2.75) is 148 Å². The normalized spacial score (nSPS) is 24.9. The molecule has 9 atom stereocenters. The quantitative estimate of drug-likeness (QED) is 0.0482. The number of nitrogens with one attached hydrogen (secondary N) is 1. The molecule has 2 aliphatic rings. The predicted octanol–water partition coefficient (Wildman–Crippen LogP) is 7.60. The van der Waals surface area contributed by atoms with Crippen LogP contribution in [-0.4, -0.2) is 114 Å². The Hall–Kier alpha value is -3.01. The van der Waals surface area contributed by atoms with E-state index in [2.05, 4.69) is 56.1 Å². The first-order chi connectivity index (χ1) is 25.9. The number of hydrogen-bond donors (Lipinski definition) is 1. The van der Waals surface area contributed by atoms with Crippen molar-refractivity contribution in [2.24, 2.45) is 17.0 Å². The molecular formula is C41H69N5O9Si. The second-order valence-electron chi connectivity index (χ2n) is 18.0. The Balaban J connectivity index is 2.01. The van der Waals surface area contributed by atoms with Crippen LogP contribution in [0.2, 0.25) is 18.1 Å². The smallest absolute Gasteiger partial charge is 0.340 e. The zero-order chi connectivity index (χ0) is 42.2. The first-order valence-corrected chi connectivity index (χ1v) is 22.7. The number of hydrogen-bond acceptors (Lipinski definition) is 12. The van der Waals surface area contributed by atoms with Crippen LogP contribution < -0.4 is 5.32 Å². The number of azide groups is 1. The molecule has 2 aliphatic heterocycles. The van der Waals surface area contributed by atoms with Gasteiger partial charge in [-0.2, -0.15) is 0 Å². The molecule has 0 aromatic heterocycles. The van der Waals surface area contributed by atoms with Crippen LogP contribution in [0.25, 0.3) is 10.4 Å². The maximum Gasteiger partial charge on any atom is 0.340 e. The highest BCUT2D eigenvalue weighted by atomic mass is 28.4. The van der Waals surface area contributed by atoms with E-state index in [9.17, 15) is 9.59 Å². The van der Waals surface area contributed by atoms with Crippen LogP contribution in [0.4, 0.5) is 0 Å². The van der Waals surface area contributed by atoms with Crippen molar-refractivity contribution in [3.63, 3.8) is 0 Å². The highest BCUT2D eigenvalue weighted by molar-refractivity contribution is 6.74. The summed E-state index contributed by atoms with van der Waals surface area (Å²) in [4.78, 5) is 31.7. The van der Waals surface area contributed by atoms with E-state index in [4.69, 9.17) is 38.4 Å². The first-order valence-electron chi connectivity index (χ1n) is 19.7. The Morgan fingerprint density at radius 3 is 2.36 bits per heavy atom. The number of methoxy groups -OCH3 is 1. The molecule has 14 nitrogen and oxygen atoms in total. The number of nitrogens with zero attached hydrogens (tertiary/aromatic N) is 4. The minimum atomic E-state index is -2.05. The monoisotopic (exact) mass is 803 g/mol. The molecule has 1 fully saturated rings. The largest absolute Gasteiger partial charge is 0.456 e. The van der Waals surface area contributed by atoms with Crippen LogP contribution in [-0.2, 0) is 37.6 Å². The van der Waals surface area contributed by atoms with E-state index in [1.807, 2.05) is 45.8 Å². The molecule has 0 radical (unpaired) electrons. The zero-order valence-electron chi connectivity index (χ0n) is 36.5. The van der Waals surface area contributed by atoms with Crippen molar-refractivity contribution < 1.29 is 42.4 Å². The summed E-state index contributed by atoms with van der Waals surface area (Å²) in [7, 11) is 3.48. The van der Waals surface area contributed by atoms with Gasteiger partial charge in [0.1, 0.15) is 5.76 Å². The second-order valence-corrected chi connectivity index (χ2v) is 22.8. The lowest BCUT2D eigenvalue weighted by molar-refractivity contribution is -0.298. The highest BCUT2D eigenvalue weighted by Gasteiger charge is 2.50. The minimum Gasteiger partial charge on any atom is -0.456 e. The van der Waals surface area contributed by atoms with E-state index in [0.29, 0.717) is 42.9 Å². The van der Waals surface area contributed by atoms with Gasteiger partial charge < -0.3 is 43.1 Å². The fourth-order valence-electron chi connectivity index (χ4n) is 7.09. The van der Waals surface area contributed by atoms with E-state index < -0.39 is 56.1 Å². The van der Waals surface area contributed by atoms with Crippen LogP contribution in [0, 0.1) is 11.8 Å². The fraction of sp³-hybridized carbons (Fsp3) is 0.756. The Morgan fingerprint density at radius 1 is 1.14 bits per heavy atom. The molecule has 1 aromatic rings. The fourth-order valence-corrected chi connectivity index (χ4v) is 8.14. The number of likely N-dealkylation sites (N-methyl/N-ethyl adjacent to an activating group) is 1. The lowest BCUT2D eigenvalue weighted by Gasteiger charge is -2.48. The Kier molecular flexibility index (Phi) is 16.6. The third-order valence-corrected chi connectivity index (χ3v) is 15.9. The molecule has 0 unspecified atom stereocenters. The molecule has 56 heavy (non-hydrogen) atoms. The van der Waals surface area contributed by atoms with Crippen molar-refractivity contribution in [3.05, 3.63) is 57.7 Å². The van der Waals surface area contributed by atoms with Crippen molar-refractivity contribution in [1.82, 2.24) is 10.2 Å². The second kappa shape index (κ2) is 19.6. The number of ether oxygens (including phenoxy) is 6. The summed E-state index contributed by atoms with van der Waals surface area (Å²) in [6.45, 7) is 25.2. The van der Waals surface area contributed by atoms with Gasteiger partial charge in [-0.05, 0) is 96.0 Å². The average Bonchev–Trinajstić information content (AvgIpc) is 3.11. The molecule has 15 heteroatoms. The van der Waals surface area contributed by atoms with Gasteiger partial charge in [0.25, 0.3) is 0 Å². The van der Waals surface area contributed by atoms with Gasteiger partial charge >= 0.3 is 11.9 Å². The minimum absolute atomic E-state index is 0.0101. The standard InChI is InChI=1S/C41H69N5O9Si/c1-26(23-43-31(24-44-45-42)25-50-56(14,15)39(5,6)7)22-41(10,49-13)35(28(3)33-29(4)36(47)55-40(8,9)54-33)53-38-34(32(46(11)12)21-27(2)51-38)52-37(48)30-19-17-16-18-20-30/h16-20,26-28,31-32,34-35,38,43H,21-25H2,1-15H3/t26-,27-,28+,31-,32+,34-,35-,38+,41-/m1/s1. The van der Waals surface area contributed by atoms with Gasteiger partial charge in [-0.25, -0.2) is 9.59 Å². The highest BCUT2D eigenvalue weighted by Crippen LogP contribution is 2.41. The predicted molar refractivity (Wildman–Crippen MR) is 218 cm³/mol. The van der Waals surface area contributed by atoms with Gasteiger partial charge in [-0.15, -0.1) is 0 Å². The summed E-state index contributed by atoms with van der Waals surface area (Å²) < 4.78 is 44.7. The average molecular weight is 804 g/mol. The summed E-state index contributed by atoms with van der Waals surface area (Å²) in [6, 6.07) is 8.42. The lowest BCUT2D eigenvalue weighted by Crippen LogP contribution is -2.59. The molecular weight excluding hydrogens is 735 g/mol. The summed E-state index contributed by atoms with van der Waals surface area (Å²) >= 11 is 0. The Morgan fingerprint density at radius 2 is 1.79 bits per heavy atom. The van der Waals surface area contributed by atoms with Gasteiger partial charge in [-0.1, -0.05) is 57.9 Å². The SMILES string of the molecule is CO[C@](C)(C[C@@H](C)CN[C@H](CN=[N+]=[N-])CO[Si](C)(C)C(C)(C)C)[C@H](O[C@@H]1O[C@H](C)C[C@H](N(C)C)[C@H]1OC(=O)c1ccccc1)[C@@H](C)C1=C(C)C(=O)OC(C)(C)O1. The van der Waals surface area contributed by atoms with Gasteiger partial charge in [-0.3, -0.25) is 0 Å². The van der Waals surface area contributed by atoms with E-state index in [1.165, 1.54) is 0 Å². The summed E-state index contributed by atoms with van der Waals surface area (Å²) in [6.07, 6.45) is -1.72. The molecule has 0 bridgehead atoms. The molecule has 2 heterocycles. The maximum absolute atomic E-state index is 13.6. The third-order valence-electron chi connectivity index (χ3n) is 11.4. The molecule has 316 valence electrons. The van der Waals surface area contributed by atoms with Gasteiger partial charge in [0.05, 0.1) is 35.0 Å². The molecule has 0 spiro atoms. The van der Waals surface area contributed by atoms with Crippen LogP contribution in [0.3, 0.4) is 0 Å². The molecule has 0 amide bonds. The molecule has 0 saturated carbocycles. The molecule has 0 aliphatic carbocycles. The van der Waals surface area contributed by atoms with Crippen LogP contribution in [0.15, 0.2) is 46.8 Å². The summed E-state index contributed by atoms with van der Waals surface area (Å²) in [5.41, 5.74) is 8.88. The van der Waals surface area contributed by atoms with Crippen molar-refractivity contribution in [2.75, 3.05) is 40.9 Å². The maximum atomic E-state index is 13.6. The number of carbonyl (C=O) groups is 2. The number of carbonyl (C=O) groups excluding carboxylic acids is 2. The number of esters is 2. The van der Waals surface area contributed by atoms with E-state index >= 15 is 0 Å². The summed E-state index contributed by atoms with van der Waals surface area (Å²) in [5, 5.41) is 7.48. The summed E-state index contributed by atoms with van der Waals surface area (Å²) in [5.74, 6) is -2.29. The molecule has 3 rings (SSSR count). The third kappa shape index (κ3) is 12.5. The Labute approximate surface area is 336 Å². The number of benzene rings is 1. The van der Waals surface area contributed by atoms with Crippen molar-refractivity contribution in [3.8, 4) is 0 Å². The van der Waals surface area contributed by atoms with Crippen molar-refractivity contribution >= 4 is 20.3 Å². The molecule has 1 saturated heterocycles. The van der Waals surface area contributed by atoms with Gasteiger partial charge in [0.2, 0.25) is 5.79 Å². The van der Waals surface area contributed by atoms with Crippen LogP contribution >= 0.6 is 0 Å². The topological polar surface area (TPSA) is 163 Å². The van der Waals surface area contributed by atoms with E-state index in [-0.39, 0.29) is 35.7 Å². The molecule has 1 N–H and O–H groups in total. The number of cyclic esters (lactones) is 1. The number of rotatable bonds is 19. The van der Waals surface area contributed by atoms with E-state index in [1.54, 1.807) is 52.1 Å². The van der Waals surface area contributed by atoms with Crippen molar-refractivity contribution in [1.29, 1.82) is 0 Å². The van der Waals surface area contributed by atoms with Gasteiger partial charge in [0.15, 0.2) is 20.7 Å². The van der Waals surface area contributed by atoms with E-state index in [0.717, 1.165) is 0 Å². The molecule has 1 aromatic carbocycles. The zero-order valence-corrected chi connectivity index (χ0v) is 37.5. The van der Waals surface area contributed by atoms with Gasteiger partial charge in [0, 0.05) is 51.0 Å². The van der Waals surface area contributed by atoms with Crippen LogP contribution in [0.5, 0.6) is 0 Å². The van der Waals surface area contributed by atoms with Crippen LogP contribution in [0.1, 0.15) is 92.4 Å². The Bertz CT molecular complexity index is 1550.